The van der Waals surface area contributed by atoms with E-state index in [0.717, 1.165) is 30.2 Å². The Labute approximate surface area is 146 Å². The van der Waals surface area contributed by atoms with Gasteiger partial charge in [-0.3, -0.25) is 4.79 Å². The topological polar surface area (TPSA) is 49.3 Å². The van der Waals surface area contributed by atoms with Gasteiger partial charge >= 0.3 is 0 Å². The average Bonchev–Trinajstić information content (AvgIpc) is 2.62. The maximum atomic E-state index is 12.3. The van der Waals surface area contributed by atoms with Crippen molar-refractivity contribution in [2.24, 2.45) is 0 Å². The third kappa shape index (κ3) is 4.11. The second kappa shape index (κ2) is 7.45. The fourth-order valence-corrected chi connectivity index (χ4v) is 2.69. The van der Waals surface area contributed by atoms with Gasteiger partial charge in [-0.1, -0.05) is 23.7 Å². The highest BCUT2D eigenvalue weighted by Gasteiger charge is 2.20. The van der Waals surface area contributed by atoms with Crippen LogP contribution in [-0.4, -0.2) is 47.2 Å². The fraction of sp³-hybridized carbons (Fsp3) is 0.278. The highest BCUT2D eigenvalue weighted by atomic mass is 35.5. The lowest BCUT2D eigenvalue weighted by molar-refractivity contribution is -0.126. The van der Waals surface area contributed by atoms with Crippen LogP contribution in [0.2, 0.25) is 5.02 Å². The molecule has 1 aromatic carbocycles. The van der Waals surface area contributed by atoms with Crippen molar-refractivity contribution >= 4 is 29.4 Å². The Morgan fingerprint density at radius 1 is 1.04 bits per heavy atom. The van der Waals surface area contributed by atoms with Gasteiger partial charge in [0.25, 0.3) is 0 Å². The van der Waals surface area contributed by atoms with Gasteiger partial charge in [-0.25, -0.2) is 0 Å². The Morgan fingerprint density at radius 3 is 2.38 bits per heavy atom. The molecule has 1 aliphatic rings. The van der Waals surface area contributed by atoms with Crippen LogP contribution in [0.25, 0.3) is 6.08 Å². The molecule has 0 unspecified atom stereocenters. The zero-order valence-corrected chi connectivity index (χ0v) is 14.3. The van der Waals surface area contributed by atoms with Crippen molar-refractivity contribution in [2.45, 2.75) is 6.92 Å². The summed E-state index contributed by atoms with van der Waals surface area (Å²) in [5, 5.41) is 8.98. The summed E-state index contributed by atoms with van der Waals surface area (Å²) in [6, 6.07) is 11.3. The summed E-state index contributed by atoms with van der Waals surface area (Å²) in [7, 11) is 0. The van der Waals surface area contributed by atoms with E-state index in [9.17, 15) is 4.79 Å². The molecule has 2 aromatic rings. The van der Waals surface area contributed by atoms with E-state index in [-0.39, 0.29) is 5.91 Å². The van der Waals surface area contributed by atoms with Gasteiger partial charge in [0, 0.05) is 37.3 Å². The average molecular weight is 343 g/mol. The third-order valence-electron chi connectivity index (χ3n) is 3.99. The van der Waals surface area contributed by atoms with Crippen LogP contribution in [0.4, 0.5) is 5.82 Å². The van der Waals surface area contributed by atoms with Crippen LogP contribution in [0.3, 0.4) is 0 Å². The summed E-state index contributed by atoms with van der Waals surface area (Å²) >= 11 is 5.86. The minimum Gasteiger partial charge on any atom is -0.352 e. The van der Waals surface area contributed by atoms with Crippen molar-refractivity contribution in [1.29, 1.82) is 0 Å². The van der Waals surface area contributed by atoms with Gasteiger partial charge in [-0.2, -0.15) is 5.10 Å². The number of carbonyl (C=O) groups is 1. The monoisotopic (exact) mass is 342 g/mol. The molecule has 1 fully saturated rings. The molecule has 0 radical (unpaired) electrons. The van der Waals surface area contributed by atoms with Crippen molar-refractivity contribution in [3.05, 3.63) is 58.8 Å². The van der Waals surface area contributed by atoms with E-state index < -0.39 is 0 Å². The van der Waals surface area contributed by atoms with Gasteiger partial charge in [0.15, 0.2) is 5.82 Å². The number of amides is 1. The van der Waals surface area contributed by atoms with E-state index in [0.29, 0.717) is 18.1 Å². The van der Waals surface area contributed by atoms with E-state index in [1.54, 1.807) is 6.08 Å². The smallest absolute Gasteiger partial charge is 0.246 e. The van der Waals surface area contributed by atoms with Crippen molar-refractivity contribution in [3.63, 3.8) is 0 Å². The highest BCUT2D eigenvalue weighted by Crippen LogP contribution is 2.14. The molecule has 1 saturated heterocycles. The molecule has 0 atom stereocenters. The van der Waals surface area contributed by atoms with E-state index >= 15 is 0 Å². The van der Waals surface area contributed by atoms with Crippen LogP contribution in [0.15, 0.2) is 42.5 Å². The summed E-state index contributed by atoms with van der Waals surface area (Å²) < 4.78 is 0. The largest absolute Gasteiger partial charge is 0.352 e. The molecule has 3 rings (SSSR count). The molecule has 6 heteroatoms. The molecule has 2 heterocycles. The number of aromatic nitrogens is 2. The summed E-state index contributed by atoms with van der Waals surface area (Å²) in [5.74, 6) is 0.893. The van der Waals surface area contributed by atoms with Gasteiger partial charge in [0.1, 0.15) is 0 Å². The number of hydrogen-bond donors (Lipinski definition) is 0. The number of rotatable bonds is 3. The summed E-state index contributed by atoms with van der Waals surface area (Å²) in [5.41, 5.74) is 1.86. The number of hydrogen-bond acceptors (Lipinski definition) is 4. The van der Waals surface area contributed by atoms with Crippen LogP contribution < -0.4 is 4.90 Å². The van der Waals surface area contributed by atoms with Crippen molar-refractivity contribution in [3.8, 4) is 0 Å². The first-order chi connectivity index (χ1) is 11.6. The Bertz CT molecular complexity index is 720. The van der Waals surface area contributed by atoms with E-state index in [2.05, 4.69) is 15.1 Å². The predicted molar refractivity (Wildman–Crippen MR) is 96.0 cm³/mol. The normalized spacial score (nSPS) is 15.1. The molecule has 1 aliphatic heterocycles. The number of nitrogens with zero attached hydrogens (tertiary/aromatic N) is 4. The first-order valence-corrected chi connectivity index (χ1v) is 8.27. The number of aryl methyl sites for hydroxylation is 1. The molecule has 0 saturated carbocycles. The maximum absolute atomic E-state index is 12.3. The lowest BCUT2D eigenvalue weighted by Gasteiger charge is -2.34. The first-order valence-electron chi connectivity index (χ1n) is 7.90. The highest BCUT2D eigenvalue weighted by molar-refractivity contribution is 6.30. The second-order valence-electron chi connectivity index (χ2n) is 5.73. The number of anilines is 1. The van der Waals surface area contributed by atoms with Gasteiger partial charge in [0.05, 0.1) is 5.69 Å². The Balaban J connectivity index is 1.55. The Morgan fingerprint density at radius 2 is 1.75 bits per heavy atom. The van der Waals surface area contributed by atoms with Crippen molar-refractivity contribution < 1.29 is 4.79 Å². The zero-order valence-electron chi connectivity index (χ0n) is 13.5. The molecule has 1 aromatic heterocycles. The molecule has 0 spiro atoms. The Hall–Kier alpha value is -2.40. The predicted octanol–water partition coefficient (Wildman–Crippen LogP) is 2.80. The quantitative estimate of drug-likeness (QED) is 0.805. The molecular formula is C18H19ClN4O. The summed E-state index contributed by atoms with van der Waals surface area (Å²) in [6.45, 7) is 4.80. The first kappa shape index (κ1) is 16.5. The van der Waals surface area contributed by atoms with Crippen LogP contribution in [0.5, 0.6) is 0 Å². The van der Waals surface area contributed by atoms with E-state index in [1.165, 1.54) is 0 Å². The number of piperazine rings is 1. The van der Waals surface area contributed by atoms with Crippen LogP contribution in [0, 0.1) is 6.92 Å². The molecule has 0 bridgehead atoms. The lowest BCUT2D eigenvalue weighted by Crippen LogP contribution is -2.48. The molecule has 24 heavy (non-hydrogen) atoms. The molecule has 5 nitrogen and oxygen atoms in total. The summed E-state index contributed by atoms with van der Waals surface area (Å²) in [4.78, 5) is 16.3. The Kier molecular flexibility index (Phi) is 5.11. The van der Waals surface area contributed by atoms with Gasteiger partial charge in [-0.15, -0.1) is 5.10 Å². The molecular weight excluding hydrogens is 324 g/mol. The number of benzene rings is 1. The molecule has 124 valence electrons. The maximum Gasteiger partial charge on any atom is 0.246 e. The lowest BCUT2D eigenvalue weighted by atomic mass is 10.2. The minimum absolute atomic E-state index is 0.0274. The van der Waals surface area contributed by atoms with Gasteiger partial charge in [0.2, 0.25) is 5.91 Å². The van der Waals surface area contributed by atoms with Gasteiger partial charge < -0.3 is 9.80 Å². The second-order valence-corrected chi connectivity index (χ2v) is 6.17. The number of halogens is 1. The van der Waals surface area contributed by atoms with Crippen LogP contribution in [-0.2, 0) is 4.79 Å². The standard InChI is InChI=1S/C18H19ClN4O/c1-14-2-8-17(21-20-14)22-10-12-23(13-11-22)18(24)9-5-15-3-6-16(19)7-4-15/h2-9H,10-13H2,1H3/b9-5+. The fourth-order valence-electron chi connectivity index (χ4n) is 2.56. The molecule has 0 aliphatic carbocycles. The van der Waals surface area contributed by atoms with E-state index in [1.807, 2.05) is 54.3 Å². The van der Waals surface area contributed by atoms with Crippen LogP contribution >= 0.6 is 11.6 Å². The third-order valence-corrected chi connectivity index (χ3v) is 4.24. The SMILES string of the molecule is Cc1ccc(N2CCN(C(=O)/C=C/c3ccc(Cl)cc3)CC2)nn1. The molecule has 0 N–H and O–H groups in total. The van der Waals surface area contributed by atoms with Crippen molar-refractivity contribution in [1.82, 2.24) is 15.1 Å². The molecule has 1 amide bonds. The van der Waals surface area contributed by atoms with Gasteiger partial charge in [-0.05, 0) is 42.8 Å². The summed E-state index contributed by atoms with van der Waals surface area (Å²) in [6.07, 6.45) is 3.43. The van der Waals surface area contributed by atoms with E-state index in [4.69, 9.17) is 11.6 Å². The minimum atomic E-state index is 0.0274. The number of carbonyl (C=O) groups excluding carboxylic acids is 1. The van der Waals surface area contributed by atoms with Crippen LogP contribution in [0.1, 0.15) is 11.3 Å². The zero-order chi connectivity index (χ0) is 16.9. The van der Waals surface area contributed by atoms with Crippen molar-refractivity contribution in [2.75, 3.05) is 31.1 Å².